The van der Waals surface area contributed by atoms with Crippen molar-refractivity contribution < 1.29 is 37.1 Å². The third-order valence-corrected chi connectivity index (χ3v) is 4.57. The average molecular weight is 437 g/mol. The van der Waals surface area contributed by atoms with Crippen LogP contribution in [0.3, 0.4) is 0 Å². The third kappa shape index (κ3) is 4.14. The first kappa shape index (κ1) is 20.6. The van der Waals surface area contributed by atoms with Crippen LogP contribution in [0.15, 0.2) is 36.4 Å². The van der Waals surface area contributed by atoms with Crippen molar-refractivity contribution in [2.75, 3.05) is 6.79 Å². The van der Waals surface area contributed by atoms with E-state index >= 15 is 0 Å². The lowest BCUT2D eigenvalue weighted by atomic mass is 10.1. The molecule has 1 aliphatic heterocycles. The number of nitro benzene ring substituents is 1. The van der Waals surface area contributed by atoms with E-state index in [1.807, 2.05) is 0 Å². The van der Waals surface area contributed by atoms with Gasteiger partial charge in [0, 0.05) is 23.3 Å². The van der Waals surface area contributed by atoms with E-state index in [1.165, 1.54) is 36.4 Å². The Morgan fingerprint density at radius 1 is 1.29 bits per heavy atom. The molecule has 0 aliphatic carbocycles. The Bertz CT molecular complexity index is 1170. The summed E-state index contributed by atoms with van der Waals surface area (Å²) >= 11 is 0. The number of halogens is 3. The number of non-ortho nitro benzene ring substituents is 1. The largest absolute Gasteiger partial charge is 0.467 e. The van der Waals surface area contributed by atoms with Crippen molar-refractivity contribution in [3.8, 4) is 5.75 Å². The molecule has 0 unspecified atom stereocenters. The molecule has 3 aromatic rings. The van der Waals surface area contributed by atoms with Crippen LogP contribution in [0.25, 0.3) is 11.0 Å². The number of carbonyl (C=O) groups is 1. The minimum absolute atomic E-state index is 0.0773. The van der Waals surface area contributed by atoms with Gasteiger partial charge in [0.25, 0.3) is 5.69 Å². The molecule has 9 nitrogen and oxygen atoms in total. The molecule has 0 amide bonds. The van der Waals surface area contributed by atoms with Gasteiger partial charge < -0.3 is 18.8 Å². The van der Waals surface area contributed by atoms with Gasteiger partial charge in [-0.05, 0) is 12.1 Å². The summed E-state index contributed by atoms with van der Waals surface area (Å²) in [4.78, 5) is 26.4. The number of benzene rings is 2. The number of hydrogen-bond donors (Lipinski definition) is 0. The zero-order valence-electron chi connectivity index (χ0n) is 15.7. The highest BCUT2D eigenvalue weighted by atomic mass is 19.4. The molecule has 0 saturated carbocycles. The number of alkyl halides is 3. The first-order valence-corrected chi connectivity index (χ1v) is 8.93. The summed E-state index contributed by atoms with van der Waals surface area (Å²) in [5.41, 5.74) is 0.585. The van der Waals surface area contributed by atoms with Gasteiger partial charge in [0.2, 0.25) is 5.82 Å². The van der Waals surface area contributed by atoms with Crippen LogP contribution in [-0.4, -0.2) is 27.2 Å². The lowest BCUT2D eigenvalue weighted by molar-refractivity contribution is -0.385. The van der Waals surface area contributed by atoms with E-state index in [0.717, 1.165) is 4.57 Å². The summed E-state index contributed by atoms with van der Waals surface area (Å²) in [5, 5.41) is 11.1. The second kappa shape index (κ2) is 7.87. The molecule has 1 aromatic heterocycles. The molecule has 1 aliphatic rings. The summed E-state index contributed by atoms with van der Waals surface area (Å²) in [5.74, 6) is -1.91. The van der Waals surface area contributed by atoms with Gasteiger partial charge in [-0.25, -0.2) is 4.98 Å². The molecular weight excluding hydrogens is 423 g/mol. The van der Waals surface area contributed by atoms with E-state index in [0.29, 0.717) is 5.56 Å². The molecule has 162 valence electrons. The van der Waals surface area contributed by atoms with Crippen LogP contribution < -0.4 is 4.74 Å². The fourth-order valence-corrected chi connectivity index (χ4v) is 3.28. The lowest BCUT2D eigenvalue weighted by Gasteiger charge is -2.20. The maximum Gasteiger partial charge on any atom is 0.449 e. The zero-order chi connectivity index (χ0) is 22.2. The Hall–Kier alpha value is -3.67. The van der Waals surface area contributed by atoms with E-state index in [4.69, 9.17) is 14.2 Å². The number of esters is 1. The molecule has 0 fully saturated rings. The first-order valence-electron chi connectivity index (χ1n) is 8.93. The minimum Gasteiger partial charge on any atom is -0.467 e. The van der Waals surface area contributed by atoms with Crippen molar-refractivity contribution in [1.29, 1.82) is 0 Å². The molecular formula is C19H14F3N3O6. The van der Waals surface area contributed by atoms with E-state index < -0.39 is 36.0 Å². The van der Waals surface area contributed by atoms with Crippen molar-refractivity contribution in [3.05, 3.63) is 63.5 Å². The van der Waals surface area contributed by atoms with Gasteiger partial charge in [0.15, 0.2) is 6.79 Å². The molecule has 0 bridgehead atoms. The second-order valence-electron chi connectivity index (χ2n) is 6.63. The van der Waals surface area contributed by atoms with Crippen LogP contribution in [-0.2, 0) is 40.2 Å². The Morgan fingerprint density at radius 3 is 2.81 bits per heavy atom. The van der Waals surface area contributed by atoms with Crippen molar-refractivity contribution in [3.63, 3.8) is 0 Å². The second-order valence-corrected chi connectivity index (χ2v) is 6.63. The molecule has 0 saturated heterocycles. The Morgan fingerprint density at radius 2 is 2.06 bits per heavy atom. The molecule has 2 aromatic carbocycles. The van der Waals surface area contributed by atoms with Gasteiger partial charge in [-0.3, -0.25) is 14.9 Å². The molecule has 0 radical (unpaired) electrons. The molecule has 2 heterocycles. The Labute approximate surface area is 172 Å². The van der Waals surface area contributed by atoms with Crippen molar-refractivity contribution >= 4 is 22.7 Å². The van der Waals surface area contributed by atoms with E-state index in [2.05, 4.69) is 4.98 Å². The third-order valence-electron chi connectivity index (χ3n) is 4.57. The van der Waals surface area contributed by atoms with Gasteiger partial charge in [-0.1, -0.05) is 12.1 Å². The fraction of sp³-hybridized carbons (Fsp3) is 0.263. The van der Waals surface area contributed by atoms with Crippen molar-refractivity contribution in [2.45, 2.75) is 25.9 Å². The highest BCUT2D eigenvalue weighted by Crippen LogP contribution is 2.34. The van der Waals surface area contributed by atoms with Crippen LogP contribution in [0, 0.1) is 10.1 Å². The van der Waals surface area contributed by atoms with E-state index in [9.17, 15) is 28.1 Å². The number of hydrogen-bond acceptors (Lipinski definition) is 7. The Kier molecular flexibility index (Phi) is 5.23. The standard InChI is InChI=1S/C19H14F3N3O6/c20-19(21,22)18-23-14-3-1-2-4-15(14)24(18)7-16(26)30-9-12-6-13(25(27)28)5-11-8-29-10-31-17(11)12/h1-6H,7-10H2. The molecule has 4 rings (SSSR count). The summed E-state index contributed by atoms with van der Waals surface area (Å²) in [6, 6.07) is 8.35. The highest BCUT2D eigenvalue weighted by Gasteiger charge is 2.38. The first-order chi connectivity index (χ1) is 14.7. The number of nitro groups is 1. The molecule has 12 heteroatoms. The summed E-state index contributed by atoms with van der Waals surface area (Å²) in [7, 11) is 0. The van der Waals surface area contributed by atoms with Crippen molar-refractivity contribution in [2.24, 2.45) is 0 Å². The summed E-state index contributed by atoms with van der Waals surface area (Å²) in [6.45, 7) is -1.16. The van der Waals surface area contributed by atoms with Gasteiger partial charge in [-0.15, -0.1) is 0 Å². The number of para-hydroxylation sites is 2. The van der Waals surface area contributed by atoms with E-state index in [-0.39, 0.29) is 41.4 Å². The lowest BCUT2D eigenvalue weighted by Crippen LogP contribution is -2.21. The van der Waals surface area contributed by atoms with Gasteiger partial charge in [0.1, 0.15) is 18.9 Å². The zero-order valence-corrected chi connectivity index (χ0v) is 15.7. The number of imidazole rings is 1. The predicted molar refractivity (Wildman–Crippen MR) is 97.9 cm³/mol. The average Bonchev–Trinajstić information content (AvgIpc) is 3.10. The topological polar surface area (TPSA) is 106 Å². The fourth-order valence-electron chi connectivity index (χ4n) is 3.28. The molecule has 0 N–H and O–H groups in total. The summed E-state index contributed by atoms with van der Waals surface area (Å²) < 4.78 is 56.4. The SMILES string of the molecule is O=C(Cn1c(C(F)(F)F)nc2ccccc21)OCc1cc([N+](=O)[O-])cc2c1OCOC2. The summed E-state index contributed by atoms with van der Waals surface area (Å²) in [6.07, 6.45) is -4.77. The van der Waals surface area contributed by atoms with Gasteiger partial charge in [-0.2, -0.15) is 13.2 Å². The molecule has 31 heavy (non-hydrogen) atoms. The Balaban J connectivity index is 1.57. The predicted octanol–water partition coefficient (Wildman–Crippen LogP) is 3.57. The minimum atomic E-state index is -4.77. The quantitative estimate of drug-likeness (QED) is 0.341. The van der Waals surface area contributed by atoms with Gasteiger partial charge >= 0.3 is 12.1 Å². The number of rotatable bonds is 5. The number of nitrogens with zero attached hydrogens (tertiary/aromatic N) is 3. The highest BCUT2D eigenvalue weighted by molar-refractivity contribution is 5.79. The van der Waals surface area contributed by atoms with E-state index in [1.54, 1.807) is 0 Å². The van der Waals surface area contributed by atoms with Crippen LogP contribution in [0.1, 0.15) is 17.0 Å². The number of carbonyl (C=O) groups excluding carboxylic acids is 1. The number of aromatic nitrogens is 2. The monoisotopic (exact) mass is 437 g/mol. The van der Waals surface area contributed by atoms with Crippen LogP contribution in [0.5, 0.6) is 5.75 Å². The maximum atomic E-state index is 13.4. The van der Waals surface area contributed by atoms with Gasteiger partial charge in [0.05, 0.1) is 22.6 Å². The van der Waals surface area contributed by atoms with Crippen LogP contribution >= 0.6 is 0 Å². The number of ether oxygens (including phenoxy) is 3. The molecule has 0 spiro atoms. The van der Waals surface area contributed by atoms with Crippen LogP contribution in [0.2, 0.25) is 0 Å². The maximum absolute atomic E-state index is 13.4. The smallest absolute Gasteiger partial charge is 0.449 e. The van der Waals surface area contributed by atoms with Crippen LogP contribution in [0.4, 0.5) is 18.9 Å². The van der Waals surface area contributed by atoms with Crippen molar-refractivity contribution in [1.82, 2.24) is 9.55 Å². The number of fused-ring (bicyclic) bond motifs is 2. The molecule has 0 atom stereocenters. The normalized spacial score (nSPS) is 13.5.